The summed E-state index contributed by atoms with van der Waals surface area (Å²) in [6.07, 6.45) is 4.81. The summed E-state index contributed by atoms with van der Waals surface area (Å²) >= 11 is 0. The Morgan fingerprint density at radius 1 is 1.14 bits per heavy atom. The number of ether oxygens (including phenoxy) is 1. The second kappa shape index (κ2) is 13.0. The maximum Gasteiger partial charge on any atom is 0.283 e. The van der Waals surface area contributed by atoms with Crippen LogP contribution in [0.3, 0.4) is 0 Å². The number of aromatic amines is 1. The molecule has 2 atom stereocenters. The molecule has 1 fully saturated rings. The molecule has 4 aromatic rings. The van der Waals surface area contributed by atoms with Gasteiger partial charge in [0, 0.05) is 74.6 Å². The Bertz CT molecular complexity index is 1610. The Kier molecular flexibility index (Phi) is 9.18. The number of methoxy groups -OCH3 is 1. The van der Waals surface area contributed by atoms with Gasteiger partial charge in [0.15, 0.2) is 5.82 Å². The van der Waals surface area contributed by atoms with E-state index in [0.29, 0.717) is 43.7 Å². The van der Waals surface area contributed by atoms with Gasteiger partial charge in [-0.05, 0) is 61.4 Å². The van der Waals surface area contributed by atoms with Crippen LogP contribution in [0.1, 0.15) is 48.4 Å². The van der Waals surface area contributed by atoms with E-state index in [0.717, 1.165) is 47.0 Å². The van der Waals surface area contributed by atoms with Gasteiger partial charge in [0.1, 0.15) is 5.82 Å². The summed E-state index contributed by atoms with van der Waals surface area (Å²) in [6, 6.07) is 13.6. The minimum atomic E-state index is -0.827. The Hall–Kier alpha value is -3.82. The predicted molar refractivity (Wildman–Crippen MR) is 160 cm³/mol. The summed E-state index contributed by atoms with van der Waals surface area (Å²) in [5.74, 6) is -0.920. The number of rotatable bonds is 10. The number of aromatic nitrogens is 2. The fourth-order valence-corrected chi connectivity index (χ4v) is 6.29. The fraction of sp³-hybridized carbons (Fsp3) is 0.394. The van der Waals surface area contributed by atoms with Gasteiger partial charge in [-0.2, -0.15) is 0 Å². The minimum Gasteiger partial charge on any atom is -0.385 e. The number of hydrogen-bond acceptors (Lipinski definition) is 4. The largest absolute Gasteiger partial charge is 0.385 e. The summed E-state index contributed by atoms with van der Waals surface area (Å²) in [4.78, 5) is 29.0. The topological polar surface area (TPSA) is 93.3 Å². The van der Waals surface area contributed by atoms with Crippen molar-refractivity contribution in [2.45, 2.75) is 57.5 Å². The highest BCUT2D eigenvalue weighted by Gasteiger charge is 2.30. The number of aryl methyl sites for hydroxylation is 2. The van der Waals surface area contributed by atoms with Crippen molar-refractivity contribution in [3.05, 3.63) is 93.5 Å². The first-order valence-corrected chi connectivity index (χ1v) is 14.5. The second-order valence-electron chi connectivity index (χ2n) is 11.3. The minimum absolute atomic E-state index is 0.0263. The van der Waals surface area contributed by atoms with E-state index in [9.17, 15) is 14.0 Å². The Labute approximate surface area is 244 Å². The molecular weight excluding hydrogens is 538 g/mol. The van der Waals surface area contributed by atoms with Crippen LogP contribution < -0.4 is 11.3 Å². The molecule has 222 valence electrons. The first-order chi connectivity index (χ1) is 20.3. The van der Waals surface area contributed by atoms with Gasteiger partial charge < -0.3 is 24.9 Å². The van der Waals surface area contributed by atoms with E-state index < -0.39 is 11.4 Å². The van der Waals surface area contributed by atoms with Gasteiger partial charge in [0.25, 0.3) is 5.56 Å². The smallest absolute Gasteiger partial charge is 0.283 e. The van der Waals surface area contributed by atoms with Gasteiger partial charge in [-0.15, -0.1) is 0 Å². The van der Waals surface area contributed by atoms with Gasteiger partial charge in [0.2, 0.25) is 5.91 Å². The third-order valence-electron chi connectivity index (χ3n) is 8.31. The highest BCUT2D eigenvalue weighted by molar-refractivity contribution is 5.86. The molecule has 0 saturated carbocycles. The number of pyridine rings is 1. The van der Waals surface area contributed by atoms with Crippen molar-refractivity contribution in [3.63, 3.8) is 0 Å². The van der Waals surface area contributed by atoms with Crippen molar-refractivity contribution in [3.8, 4) is 11.1 Å². The molecule has 1 amide bonds. The number of fused-ring (bicyclic) bond motifs is 1. The quantitative estimate of drug-likeness (QED) is 0.251. The Morgan fingerprint density at radius 2 is 1.93 bits per heavy atom. The number of piperidine rings is 1. The van der Waals surface area contributed by atoms with Crippen LogP contribution in [0.2, 0.25) is 0 Å². The second-order valence-corrected chi connectivity index (χ2v) is 11.3. The normalized spacial score (nSPS) is 16.2. The van der Waals surface area contributed by atoms with Gasteiger partial charge >= 0.3 is 0 Å². The summed E-state index contributed by atoms with van der Waals surface area (Å²) in [5.41, 5.74) is 10.8. The molecule has 7 nitrogen and oxygen atoms in total. The number of amides is 1. The average molecular weight is 577 g/mol. The lowest BCUT2D eigenvalue weighted by Gasteiger charge is -2.34. The molecule has 2 aromatic carbocycles. The van der Waals surface area contributed by atoms with Crippen LogP contribution in [0.5, 0.6) is 0 Å². The average Bonchev–Trinajstić information content (AvgIpc) is 3.27. The van der Waals surface area contributed by atoms with Crippen molar-refractivity contribution in [1.29, 1.82) is 0 Å². The SMILES string of the molecule is COCCCn1c(C2CCCN(C(=O)CC(N)Cc3ccc(-c4c[nH]c(=O)c(F)c4)cc3)C2)c(C)c2cccc(F)c21. The van der Waals surface area contributed by atoms with E-state index >= 15 is 4.39 Å². The molecule has 42 heavy (non-hydrogen) atoms. The van der Waals surface area contributed by atoms with Gasteiger partial charge in [-0.3, -0.25) is 9.59 Å². The summed E-state index contributed by atoms with van der Waals surface area (Å²) < 4.78 is 36.1. The van der Waals surface area contributed by atoms with Crippen LogP contribution in [-0.2, 0) is 22.5 Å². The maximum atomic E-state index is 15.0. The predicted octanol–water partition coefficient (Wildman–Crippen LogP) is 5.29. The molecule has 2 aromatic heterocycles. The third-order valence-corrected chi connectivity index (χ3v) is 8.31. The number of para-hydroxylation sites is 1. The van der Waals surface area contributed by atoms with Crippen molar-refractivity contribution in [2.75, 3.05) is 26.8 Å². The van der Waals surface area contributed by atoms with E-state index in [2.05, 4.69) is 16.5 Å². The van der Waals surface area contributed by atoms with Crippen LogP contribution in [-0.4, -0.2) is 53.2 Å². The number of likely N-dealkylation sites (tertiary alicyclic amines) is 1. The van der Waals surface area contributed by atoms with Gasteiger partial charge in [-0.25, -0.2) is 8.78 Å². The molecule has 2 unspecified atom stereocenters. The van der Waals surface area contributed by atoms with E-state index in [1.165, 1.54) is 18.3 Å². The zero-order valence-electron chi connectivity index (χ0n) is 24.2. The monoisotopic (exact) mass is 576 g/mol. The standard InChI is InChI=1S/C33H38F2N4O3/c1-21-27-7-3-8-28(34)32(27)39(14-5-15-42-2)31(21)24-6-4-13-38(20-24)30(40)18-26(36)16-22-9-11-23(12-10-22)25-17-29(35)33(41)37-19-25/h3,7-12,17,19,24,26H,4-6,13-16,18,20,36H2,1-2H3,(H,37,41). The van der Waals surface area contributed by atoms with Crippen molar-refractivity contribution < 1.29 is 18.3 Å². The molecule has 9 heteroatoms. The zero-order valence-corrected chi connectivity index (χ0v) is 24.2. The molecule has 1 saturated heterocycles. The summed E-state index contributed by atoms with van der Waals surface area (Å²) in [7, 11) is 1.67. The highest BCUT2D eigenvalue weighted by atomic mass is 19.1. The van der Waals surface area contributed by atoms with Crippen LogP contribution in [0, 0.1) is 18.6 Å². The zero-order chi connectivity index (χ0) is 29.8. The van der Waals surface area contributed by atoms with Crippen molar-refractivity contribution >= 4 is 16.8 Å². The van der Waals surface area contributed by atoms with Crippen LogP contribution in [0.15, 0.2) is 59.5 Å². The Balaban J connectivity index is 1.25. The number of carbonyl (C=O) groups excluding carboxylic acids is 1. The van der Waals surface area contributed by atoms with Crippen molar-refractivity contribution in [2.24, 2.45) is 5.73 Å². The molecule has 0 spiro atoms. The third kappa shape index (κ3) is 6.32. The highest BCUT2D eigenvalue weighted by Crippen LogP contribution is 2.37. The number of nitrogens with one attached hydrogen (secondary N) is 1. The molecule has 0 aliphatic carbocycles. The molecule has 5 rings (SSSR count). The van der Waals surface area contributed by atoms with E-state index in [-0.39, 0.29) is 30.1 Å². The lowest BCUT2D eigenvalue weighted by molar-refractivity contribution is -0.132. The molecule has 3 heterocycles. The van der Waals surface area contributed by atoms with Crippen molar-refractivity contribution in [1.82, 2.24) is 14.5 Å². The number of hydrogen-bond donors (Lipinski definition) is 2. The van der Waals surface area contributed by atoms with Crippen LogP contribution in [0.25, 0.3) is 22.0 Å². The van der Waals surface area contributed by atoms with Gasteiger partial charge in [0.05, 0.1) is 5.52 Å². The molecule has 0 bridgehead atoms. The number of halogens is 2. The molecule has 1 aliphatic rings. The number of nitrogens with two attached hydrogens (primary N) is 1. The van der Waals surface area contributed by atoms with Crippen LogP contribution in [0.4, 0.5) is 8.78 Å². The number of carbonyl (C=O) groups is 1. The van der Waals surface area contributed by atoms with Crippen LogP contribution >= 0.6 is 0 Å². The molecule has 0 radical (unpaired) electrons. The first kappa shape index (κ1) is 29.7. The molecular formula is C33H38F2N4O3. The Morgan fingerprint density at radius 3 is 2.67 bits per heavy atom. The summed E-state index contributed by atoms with van der Waals surface area (Å²) in [5, 5.41) is 0.921. The number of benzene rings is 2. The molecule has 3 N–H and O–H groups in total. The van der Waals surface area contributed by atoms with E-state index in [1.807, 2.05) is 35.2 Å². The van der Waals surface area contributed by atoms with Gasteiger partial charge in [-0.1, -0.05) is 36.4 Å². The first-order valence-electron chi connectivity index (χ1n) is 14.5. The number of H-pyrrole nitrogens is 1. The number of nitrogens with zero attached hydrogens (tertiary/aromatic N) is 2. The molecule has 1 aliphatic heterocycles. The van der Waals surface area contributed by atoms with E-state index in [1.54, 1.807) is 13.2 Å². The lowest BCUT2D eigenvalue weighted by Crippen LogP contribution is -2.42. The summed E-state index contributed by atoms with van der Waals surface area (Å²) in [6.45, 7) is 4.57. The lowest BCUT2D eigenvalue weighted by atomic mass is 9.91. The fourth-order valence-electron chi connectivity index (χ4n) is 6.29. The maximum absolute atomic E-state index is 15.0. The van der Waals surface area contributed by atoms with E-state index in [4.69, 9.17) is 10.5 Å².